The van der Waals surface area contributed by atoms with Crippen LogP contribution < -0.4 is 10.2 Å². The minimum atomic E-state index is -0.415. The fraction of sp³-hybridized carbons (Fsp3) is 0.0952. The summed E-state index contributed by atoms with van der Waals surface area (Å²) >= 11 is 3.53. The molecule has 0 spiro atoms. The highest BCUT2D eigenvalue weighted by Crippen LogP contribution is 2.27. The molecule has 3 aromatic rings. The summed E-state index contributed by atoms with van der Waals surface area (Å²) in [6.45, 7) is 1.33. The molecule has 0 heterocycles. The number of nitrogens with one attached hydrogen (secondary N) is 1. The maximum Gasteiger partial charge on any atom is 0.308 e. The molecule has 0 atom stereocenters. The molecule has 0 radical (unpaired) electrons. The first-order valence-corrected chi connectivity index (χ1v) is 9.09. The summed E-state index contributed by atoms with van der Waals surface area (Å²) in [5.41, 5.74) is 4.04. The number of esters is 1. The van der Waals surface area contributed by atoms with Crippen molar-refractivity contribution < 1.29 is 14.3 Å². The third-order valence-electron chi connectivity index (χ3n) is 3.88. The first-order valence-electron chi connectivity index (χ1n) is 8.30. The van der Waals surface area contributed by atoms with Crippen LogP contribution in [0.1, 0.15) is 18.1 Å². The molecule has 27 heavy (non-hydrogen) atoms. The van der Waals surface area contributed by atoms with Gasteiger partial charge in [0.15, 0.2) is 0 Å². The standard InChI is InChI=1S/C21H17BrN2O3/c1-14(25)27-20-9-5-2-6-16(20)13-23-24-21(26)12-15-10-11-19(22)18-8-4-3-7-17(15)18/h2-11,13H,12H2,1H3,(H,24,26). The van der Waals surface area contributed by atoms with Crippen LogP contribution in [0.3, 0.4) is 0 Å². The predicted octanol–water partition coefficient (Wildman–Crippen LogP) is 4.22. The highest BCUT2D eigenvalue weighted by Gasteiger charge is 2.08. The molecule has 1 amide bonds. The first kappa shape index (κ1) is 18.8. The fourth-order valence-electron chi connectivity index (χ4n) is 2.70. The lowest BCUT2D eigenvalue weighted by atomic mass is 10.0. The molecule has 0 aliphatic heterocycles. The minimum absolute atomic E-state index is 0.205. The Hall–Kier alpha value is -2.99. The number of hydrogen-bond acceptors (Lipinski definition) is 4. The molecule has 6 heteroatoms. The summed E-state index contributed by atoms with van der Waals surface area (Å²) in [4.78, 5) is 23.4. The van der Waals surface area contributed by atoms with Crippen molar-refractivity contribution in [1.29, 1.82) is 0 Å². The topological polar surface area (TPSA) is 67.8 Å². The van der Waals surface area contributed by atoms with Crippen LogP contribution in [0.25, 0.3) is 10.8 Å². The number of carbonyl (C=O) groups excluding carboxylic acids is 2. The second kappa shape index (κ2) is 8.60. The van der Waals surface area contributed by atoms with E-state index >= 15 is 0 Å². The molecule has 5 nitrogen and oxygen atoms in total. The lowest BCUT2D eigenvalue weighted by Crippen LogP contribution is -2.20. The van der Waals surface area contributed by atoms with Crippen molar-refractivity contribution in [2.45, 2.75) is 13.3 Å². The number of para-hydroxylation sites is 1. The van der Waals surface area contributed by atoms with E-state index in [4.69, 9.17) is 4.74 Å². The molecule has 0 saturated heterocycles. The summed E-state index contributed by atoms with van der Waals surface area (Å²) in [5.74, 6) is -0.257. The Morgan fingerprint density at radius 1 is 1.04 bits per heavy atom. The molecular weight excluding hydrogens is 408 g/mol. The van der Waals surface area contributed by atoms with Crippen molar-refractivity contribution in [2.75, 3.05) is 0 Å². The van der Waals surface area contributed by atoms with E-state index in [1.54, 1.807) is 24.3 Å². The number of amides is 1. The molecule has 3 rings (SSSR count). The quantitative estimate of drug-likeness (QED) is 0.288. The van der Waals surface area contributed by atoms with Gasteiger partial charge in [-0.1, -0.05) is 58.4 Å². The van der Waals surface area contributed by atoms with Gasteiger partial charge in [0.1, 0.15) is 5.75 Å². The fourth-order valence-corrected chi connectivity index (χ4v) is 3.18. The van der Waals surface area contributed by atoms with Gasteiger partial charge in [-0.15, -0.1) is 0 Å². The molecule has 0 unspecified atom stereocenters. The van der Waals surface area contributed by atoms with E-state index in [9.17, 15) is 9.59 Å². The smallest absolute Gasteiger partial charge is 0.308 e. The number of ether oxygens (including phenoxy) is 1. The monoisotopic (exact) mass is 424 g/mol. The summed E-state index contributed by atoms with van der Waals surface area (Å²) in [5, 5.41) is 6.05. The van der Waals surface area contributed by atoms with Gasteiger partial charge in [-0.05, 0) is 34.5 Å². The Morgan fingerprint density at radius 3 is 2.52 bits per heavy atom. The lowest BCUT2D eigenvalue weighted by Gasteiger charge is -2.08. The van der Waals surface area contributed by atoms with Crippen LogP contribution >= 0.6 is 15.9 Å². The molecule has 0 aliphatic rings. The van der Waals surface area contributed by atoms with Gasteiger partial charge in [0, 0.05) is 17.0 Å². The van der Waals surface area contributed by atoms with Crippen LogP contribution in [0.15, 0.2) is 70.2 Å². The summed E-state index contributed by atoms with van der Waals surface area (Å²) in [6.07, 6.45) is 1.66. The van der Waals surface area contributed by atoms with Crippen LogP contribution in [0, 0.1) is 0 Å². The van der Waals surface area contributed by atoms with Crippen LogP contribution in [0.4, 0.5) is 0 Å². The van der Waals surface area contributed by atoms with Crippen LogP contribution in [0.2, 0.25) is 0 Å². The van der Waals surface area contributed by atoms with Crippen molar-refractivity contribution in [2.24, 2.45) is 5.10 Å². The zero-order chi connectivity index (χ0) is 19.2. The largest absolute Gasteiger partial charge is 0.426 e. The molecule has 0 aromatic heterocycles. The minimum Gasteiger partial charge on any atom is -0.426 e. The van der Waals surface area contributed by atoms with Gasteiger partial charge in [0.25, 0.3) is 0 Å². The summed E-state index contributed by atoms with van der Waals surface area (Å²) in [7, 11) is 0. The maximum atomic E-state index is 12.3. The number of benzene rings is 3. The molecule has 1 N–H and O–H groups in total. The molecule has 0 saturated carbocycles. The van der Waals surface area contributed by atoms with Gasteiger partial charge in [0.2, 0.25) is 5.91 Å². The van der Waals surface area contributed by atoms with E-state index in [0.29, 0.717) is 11.3 Å². The van der Waals surface area contributed by atoms with Crippen LogP contribution in [-0.4, -0.2) is 18.1 Å². The van der Waals surface area contributed by atoms with Crippen molar-refractivity contribution in [3.05, 3.63) is 76.3 Å². The number of fused-ring (bicyclic) bond motifs is 1. The normalized spacial score (nSPS) is 10.9. The van der Waals surface area contributed by atoms with Crippen molar-refractivity contribution in [1.82, 2.24) is 5.43 Å². The third-order valence-corrected chi connectivity index (χ3v) is 4.57. The molecule has 136 valence electrons. The zero-order valence-corrected chi connectivity index (χ0v) is 16.2. The van der Waals surface area contributed by atoms with E-state index in [-0.39, 0.29) is 12.3 Å². The molecule has 0 aliphatic carbocycles. The van der Waals surface area contributed by atoms with E-state index in [0.717, 1.165) is 20.8 Å². The molecule has 3 aromatic carbocycles. The number of nitrogens with zero attached hydrogens (tertiary/aromatic N) is 1. The van der Waals surface area contributed by atoms with Crippen LogP contribution in [-0.2, 0) is 16.0 Å². The van der Waals surface area contributed by atoms with E-state index in [2.05, 4.69) is 26.5 Å². The predicted molar refractivity (Wildman–Crippen MR) is 109 cm³/mol. The van der Waals surface area contributed by atoms with Crippen molar-refractivity contribution >= 4 is 44.8 Å². The third kappa shape index (κ3) is 4.80. The molecule has 0 fully saturated rings. The highest BCUT2D eigenvalue weighted by molar-refractivity contribution is 9.10. The average Bonchev–Trinajstić information content (AvgIpc) is 2.65. The second-order valence-electron chi connectivity index (χ2n) is 5.85. The average molecular weight is 425 g/mol. The van der Waals surface area contributed by atoms with Gasteiger partial charge in [0.05, 0.1) is 12.6 Å². The van der Waals surface area contributed by atoms with Gasteiger partial charge in [-0.25, -0.2) is 5.43 Å². The summed E-state index contributed by atoms with van der Waals surface area (Å²) in [6, 6.07) is 18.7. The molecular formula is C21H17BrN2O3. The number of carbonyl (C=O) groups is 2. The van der Waals surface area contributed by atoms with E-state index < -0.39 is 5.97 Å². The van der Waals surface area contributed by atoms with E-state index in [1.807, 2.05) is 36.4 Å². The highest BCUT2D eigenvalue weighted by atomic mass is 79.9. The molecule has 0 bridgehead atoms. The lowest BCUT2D eigenvalue weighted by molar-refractivity contribution is -0.131. The summed E-state index contributed by atoms with van der Waals surface area (Å²) < 4.78 is 6.10. The Labute approximate surface area is 165 Å². The number of hydrazone groups is 1. The Bertz CT molecular complexity index is 1030. The Morgan fingerprint density at radius 2 is 1.74 bits per heavy atom. The van der Waals surface area contributed by atoms with Gasteiger partial charge in [-0.3, -0.25) is 9.59 Å². The second-order valence-corrected chi connectivity index (χ2v) is 6.71. The first-order chi connectivity index (χ1) is 13.0. The number of rotatable bonds is 5. The maximum absolute atomic E-state index is 12.3. The Balaban J connectivity index is 1.70. The SMILES string of the molecule is CC(=O)Oc1ccccc1C=NNC(=O)Cc1ccc(Br)c2ccccc12. The Kier molecular flexibility index (Phi) is 5.98. The van der Waals surface area contributed by atoms with Gasteiger partial charge in [-0.2, -0.15) is 5.10 Å². The van der Waals surface area contributed by atoms with Crippen molar-refractivity contribution in [3.63, 3.8) is 0 Å². The van der Waals surface area contributed by atoms with Crippen molar-refractivity contribution in [3.8, 4) is 5.75 Å². The van der Waals surface area contributed by atoms with E-state index in [1.165, 1.54) is 13.1 Å². The zero-order valence-electron chi connectivity index (χ0n) is 14.6. The van der Waals surface area contributed by atoms with Gasteiger partial charge < -0.3 is 4.74 Å². The number of hydrogen-bond donors (Lipinski definition) is 1. The number of halogens is 1. The van der Waals surface area contributed by atoms with Crippen LogP contribution in [0.5, 0.6) is 5.75 Å². The van der Waals surface area contributed by atoms with Gasteiger partial charge >= 0.3 is 5.97 Å².